The fraction of sp³-hybridized carbons (Fsp3) is 0.364. The van der Waals surface area contributed by atoms with Crippen LogP contribution in [0, 0.1) is 13.8 Å². The van der Waals surface area contributed by atoms with Crippen LogP contribution in [0.4, 0.5) is 0 Å². The van der Waals surface area contributed by atoms with Gasteiger partial charge in [-0.15, -0.1) is 0 Å². The number of rotatable bonds is 6. The molecule has 0 fully saturated rings. The zero-order valence-corrected chi connectivity index (χ0v) is 17.8. The van der Waals surface area contributed by atoms with Crippen molar-refractivity contribution in [3.05, 3.63) is 63.0 Å². The average Bonchev–Trinajstić information content (AvgIpc) is 3.00. The van der Waals surface area contributed by atoms with Crippen LogP contribution in [0.25, 0.3) is 10.9 Å². The number of fused-ring (bicyclic) bond motifs is 1. The third-order valence-corrected chi connectivity index (χ3v) is 5.00. The Bertz CT molecular complexity index is 1160. The third-order valence-electron chi connectivity index (χ3n) is 5.00. The number of ether oxygens (including phenoxy) is 1. The first kappa shape index (κ1) is 21.3. The Morgan fingerprint density at radius 1 is 1.17 bits per heavy atom. The van der Waals surface area contributed by atoms with E-state index in [0.717, 1.165) is 0 Å². The molecule has 0 bridgehead atoms. The molecule has 0 saturated heterocycles. The number of para-hydroxylation sites is 1. The Kier molecular flexibility index (Phi) is 6.05. The number of hydrogen-bond acceptors (Lipinski definition) is 5. The first-order valence-corrected chi connectivity index (χ1v) is 9.89. The molecule has 8 heteroatoms. The van der Waals surface area contributed by atoms with Crippen molar-refractivity contribution >= 4 is 22.8 Å². The lowest BCUT2D eigenvalue weighted by molar-refractivity contribution is 0.0525. The summed E-state index contributed by atoms with van der Waals surface area (Å²) < 4.78 is 5.11. The molecule has 2 N–H and O–H groups in total. The predicted molar refractivity (Wildman–Crippen MR) is 114 cm³/mol. The van der Waals surface area contributed by atoms with Gasteiger partial charge in [0, 0.05) is 11.7 Å². The molecule has 8 nitrogen and oxygen atoms in total. The number of benzene rings is 1. The maximum Gasteiger partial charge on any atom is 0.340 e. The van der Waals surface area contributed by atoms with Gasteiger partial charge in [0.05, 0.1) is 29.6 Å². The van der Waals surface area contributed by atoms with Gasteiger partial charge in [-0.2, -0.15) is 0 Å². The molecule has 0 atom stereocenters. The SMILES string of the molecule is CCOC(=O)c1c(C)[nH]c(C(=O)N(Cc2nc3ccccc3c(=O)[nH]2)C(C)C)c1C. The molecule has 0 unspecified atom stereocenters. The van der Waals surface area contributed by atoms with E-state index in [4.69, 9.17) is 4.74 Å². The minimum Gasteiger partial charge on any atom is -0.462 e. The number of aromatic amines is 2. The van der Waals surface area contributed by atoms with E-state index in [1.165, 1.54) is 0 Å². The van der Waals surface area contributed by atoms with Crippen molar-refractivity contribution in [2.45, 2.75) is 47.2 Å². The van der Waals surface area contributed by atoms with Crippen LogP contribution >= 0.6 is 0 Å². The highest BCUT2D eigenvalue weighted by molar-refractivity contribution is 6.00. The molecule has 30 heavy (non-hydrogen) atoms. The Morgan fingerprint density at radius 3 is 2.53 bits per heavy atom. The highest BCUT2D eigenvalue weighted by Crippen LogP contribution is 2.22. The van der Waals surface area contributed by atoms with E-state index < -0.39 is 5.97 Å². The number of aromatic nitrogens is 3. The summed E-state index contributed by atoms with van der Waals surface area (Å²) in [5.41, 5.74) is 2.15. The molecule has 0 aliphatic rings. The van der Waals surface area contributed by atoms with Crippen LogP contribution in [0.5, 0.6) is 0 Å². The van der Waals surface area contributed by atoms with Gasteiger partial charge in [0.25, 0.3) is 11.5 Å². The molecule has 0 spiro atoms. The molecule has 1 aromatic carbocycles. The first-order chi connectivity index (χ1) is 14.2. The minimum absolute atomic E-state index is 0.128. The summed E-state index contributed by atoms with van der Waals surface area (Å²) in [6.45, 7) is 9.34. The Labute approximate surface area is 174 Å². The summed E-state index contributed by atoms with van der Waals surface area (Å²) in [7, 11) is 0. The van der Waals surface area contributed by atoms with Gasteiger partial charge in [-0.05, 0) is 52.3 Å². The molecular weight excluding hydrogens is 384 g/mol. The summed E-state index contributed by atoms with van der Waals surface area (Å²) >= 11 is 0. The quantitative estimate of drug-likeness (QED) is 0.607. The molecule has 3 aromatic rings. The largest absolute Gasteiger partial charge is 0.462 e. The Hall–Kier alpha value is -3.42. The van der Waals surface area contributed by atoms with Gasteiger partial charge in [0.1, 0.15) is 11.5 Å². The van der Waals surface area contributed by atoms with Crippen LogP contribution in [-0.4, -0.2) is 44.4 Å². The zero-order valence-electron chi connectivity index (χ0n) is 17.8. The van der Waals surface area contributed by atoms with Crippen LogP contribution in [0.1, 0.15) is 58.7 Å². The van der Waals surface area contributed by atoms with E-state index in [1.807, 2.05) is 19.9 Å². The van der Waals surface area contributed by atoms with Gasteiger partial charge in [-0.1, -0.05) is 12.1 Å². The van der Waals surface area contributed by atoms with Gasteiger partial charge in [0.15, 0.2) is 0 Å². The third kappa shape index (κ3) is 3.98. The van der Waals surface area contributed by atoms with E-state index in [0.29, 0.717) is 39.2 Å². The monoisotopic (exact) mass is 410 g/mol. The average molecular weight is 410 g/mol. The Morgan fingerprint density at radius 2 is 1.87 bits per heavy atom. The standard InChI is InChI=1S/C22H26N4O4/c1-6-30-22(29)18-13(4)19(23-14(18)5)21(28)26(12(2)3)11-17-24-16-10-8-7-9-15(16)20(27)25-17/h7-10,12,23H,6,11H2,1-5H3,(H,24,25,27). The summed E-state index contributed by atoms with van der Waals surface area (Å²) in [4.78, 5) is 49.9. The maximum atomic E-state index is 13.3. The number of H-pyrrole nitrogens is 2. The number of hydrogen-bond donors (Lipinski definition) is 2. The number of carbonyl (C=O) groups excluding carboxylic acids is 2. The van der Waals surface area contributed by atoms with Gasteiger partial charge < -0.3 is 19.6 Å². The van der Waals surface area contributed by atoms with Gasteiger partial charge in [0.2, 0.25) is 0 Å². The lowest BCUT2D eigenvalue weighted by Crippen LogP contribution is -2.38. The fourth-order valence-electron chi connectivity index (χ4n) is 3.48. The summed E-state index contributed by atoms with van der Waals surface area (Å²) in [6, 6.07) is 6.90. The van der Waals surface area contributed by atoms with E-state index in [9.17, 15) is 14.4 Å². The van der Waals surface area contributed by atoms with Gasteiger partial charge in [-0.3, -0.25) is 9.59 Å². The lowest BCUT2D eigenvalue weighted by Gasteiger charge is -2.26. The predicted octanol–water partition coefficient (Wildman–Crippen LogP) is 3.10. The number of nitrogens with zero attached hydrogens (tertiary/aromatic N) is 2. The Balaban J connectivity index is 1.96. The molecule has 0 aliphatic carbocycles. The van der Waals surface area contributed by atoms with Crippen molar-refractivity contribution in [3.8, 4) is 0 Å². The zero-order chi connectivity index (χ0) is 22.0. The van der Waals surface area contributed by atoms with Crippen LogP contribution < -0.4 is 5.56 Å². The molecule has 1 amide bonds. The molecule has 3 rings (SSSR count). The smallest absolute Gasteiger partial charge is 0.340 e. The molecule has 0 saturated carbocycles. The highest BCUT2D eigenvalue weighted by Gasteiger charge is 2.27. The number of carbonyl (C=O) groups is 2. The van der Waals surface area contributed by atoms with Crippen molar-refractivity contribution in [3.63, 3.8) is 0 Å². The van der Waals surface area contributed by atoms with Crippen LogP contribution in [0.3, 0.4) is 0 Å². The molecule has 0 radical (unpaired) electrons. The summed E-state index contributed by atoms with van der Waals surface area (Å²) in [5, 5.41) is 0.499. The van der Waals surface area contributed by atoms with E-state index in [2.05, 4.69) is 15.0 Å². The number of nitrogens with one attached hydrogen (secondary N) is 2. The van der Waals surface area contributed by atoms with Crippen LogP contribution in [0.15, 0.2) is 29.1 Å². The number of esters is 1. The molecule has 2 aromatic heterocycles. The summed E-state index contributed by atoms with van der Waals surface area (Å²) in [6.07, 6.45) is 0. The maximum absolute atomic E-state index is 13.3. The second-order valence-corrected chi connectivity index (χ2v) is 7.40. The van der Waals surface area contributed by atoms with Crippen molar-refractivity contribution in [1.29, 1.82) is 0 Å². The molecular formula is C22H26N4O4. The topological polar surface area (TPSA) is 108 Å². The second-order valence-electron chi connectivity index (χ2n) is 7.40. The van der Waals surface area contributed by atoms with Crippen LogP contribution in [-0.2, 0) is 11.3 Å². The van der Waals surface area contributed by atoms with Gasteiger partial charge >= 0.3 is 5.97 Å². The second kappa shape index (κ2) is 8.52. The van der Waals surface area contributed by atoms with Crippen LogP contribution in [0.2, 0.25) is 0 Å². The molecule has 0 aliphatic heterocycles. The molecule has 158 valence electrons. The van der Waals surface area contributed by atoms with Crippen molar-refractivity contribution < 1.29 is 14.3 Å². The van der Waals surface area contributed by atoms with E-state index >= 15 is 0 Å². The normalized spacial score (nSPS) is 11.1. The van der Waals surface area contributed by atoms with Crippen molar-refractivity contribution in [2.24, 2.45) is 0 Å². The van der Waals surface area contributed by atoms with Crippen molar-refractivity contribution in [2.75, 3.05) is 6.61 Å². The number of aryl methyl sites for hydroxylation is 1. The minimum atomic E-state index is -0.459. The fourth-order valence-corrected chi connectivity index (χ4v) is 3.48. The lowest BCUT2D eigenvalue weighted by atomic mass is 10.1. The van der Waals surface area contributed by atoms with Crippen molar-refractivity contribution in [1.82, 2.24) is 19.9 Å². The first-order valence-electron chi connectivity index (χ1n) is 9.89. The van der Waals surface area contributed by atoms with E-state index in [-0.39, 0.29) is 30.7 Å². The van der Waals surface area contributed by atoms with E-state index in [1.54, 1.807) is 43.9 Å². The van der Waals surface area contributed by atoms with Gasteiger partial charge in [-0.25, -0.2) is 9.78 Å². The summed E-state index contributed by atoms with van der Waals surface area (Å²) in [5.74, 6) is -0.344. The molecule has 2 heterocycles. The number of amides is 1. The highest BCUT2D eigenvalue weighted by atomic mass is 16.5.